The van der Waals surface area contributed by atoms with Crippen LogP contribution in [0.25, 0.3) is 21.6 Å². The Morgan fingerprint density at radius 2 is 1.97 bits per heavy atom. The topological polar surface area (TPSA) is 110 Å². The Hall–Kier alpha value is -2.85. The van der Waals surface area contributed by atoms with E-state index < -0.39 is 0 Å². The fraction of sp³-hybridized carbons (Fsp3) is 0.476. The molecule has 31 heavy (non-hydrogen) atoms. The third-order valence-corrected chi connectivity index (χ3v) is 7.03. The first kappa shape index (κ1) is 20.1. The molecule has 0 spiro atoms. The molecule has 2 aliphatic rings. The monoisotopic (exact) mass is 439 g/mol. The van der Waals surface area contributed by atoms with Gasteiger partial charge in [0.1, 0.15) is 0 Å². The summed E-state index contributed by atoms with van der Waals surface area (Å²) in [6.45, 7) is 5.55. The Bertz CT molecular complexity index is 1120. The third kappa shape index (κ3) is 3.92. The molecule has 0 aromatic carbocycles. The van der Waals surface area contributed by atoms with Crippen molar-refractivity contribution in [2.75, 3.05) is 44.0 Å². The van der Waals surface area contributed by atoms with Gasteiger partial charge in [-0.3, -0.25) is 4.79 Å². The Balaban J connectivity index is 1.58. The van der Waals surface area contributed by atoms with E-state index in [-0.39, 0.29) is 17.8 Å². The number of aromatic nitrogens is 4. The summed E-state index contributed by atoms with van der Waals surface area (Å²) >= 11 is 1.68. The molecule has 1 amide bonds. The molecule has 2 N–H and O–H groups in total. The number of morpholine rings is 1. The summed E-state index contributed by atoms with van der Waals surface area (Å²) in [4.78, 5) is 35.7. The van der Waals surface area contributed by atoms with Crippen LogP contribution in [0, 0.1) is 12.8 Å². The van der Waals surface area contributed by atoms with Gasteiger partial charge in [0.05, 0.1) is 35.5 Å². The van der Waals surface area contributed by atoms with Crippen LogP contribution in [0.1, 0.15) is 23.3 Å². The number of rotatable bonds is 5. The number of nitrogens with zero attached hydrogens (tertiary/aromatic N) is 6. The Kier molecular flexibility index (Phi) is 5.19. The molecule has 162 valence electrons. The molecular formula is C21H25N7O2S. The summed E-state index contributed by atoms with van der Waals surface area (Å²) in [6.07, 6.45) is 5.32. The highest BCUT2D eigenvalue weighted by molar-refractivity contribution is 7.19. The zero-order valence-electron chi connectivity index (χ0n) is 17.7. The SMILES string of the molecule is Cc1c(CN(C)C(=O)C2CC2)sc2c(N3CCOCC3)nc(-c3cnc(N)nc3)nc12. The maximum atomic E-state index is 12.5. The van der Waals surface area contributed by atoms with Gasteiger partial charge in [-0.05, 0) is 25.3 Å². The maximum Gasteiger partial charge on any atom is 0.225 e. The van der Waals surface area contributed by atoms with Gasteiger partial charge in [0.25, 0.3) is 0 Å². The molecule has 0 radical (unpaired) electrons. The second-order valence-electron chi connectivity index (χ2n) is 8.10. The molecule has 3 aromatic heterocycles. The summed E-state index contributed by atoms with van der Waals surface area (Å²) in [6, 6.07) is 0. The van der Waals surface area contributed by atoms with Crippen molar-refractivity contribution >= 4 is 39.2 Å². The lowest BCUT2D eigenvalue weighted by atomic mass is 10.2. The van der Waals surface area contributed by atoms with Gasteiger partial charge >= 0.3 is 0 Å². The van der Waals surface area contributed by atoms with Crippen LogP contribution in [0.15, 0.2) is 12.4 Å². The van der Waals surface area contributed by atoms with Gasteiger partial charge in [-0.25, -0.2) is 19.9 Å². The Labute approximate surface area is 184 Å². The molecule has 0 bridgehead atoms. The second kappa shape index (κ2) is 8.01. The number of hydrogen-bond acceptors (Lipinski definition) is 9. The number of anilines is 2. The van der Waals surface area contributed by atoms with E-state index >= 15 is 0 Å². The van der Waals surface area contributed by atoms with Crippen molar-refractivity contribution in [2.45, 2.75) is 26.3 Å². The van der Waals surface area contributed by atoms with E-state index in [1.807, 2.05) is 11.9 Å². The van der Waals surface area contributed by atoms with E-state index in [1.54, 1.807) is 23.7 Å². The zero-order chi connectivity index (χ0) is 21.5. The molecule has 5 rings (SSSR count). The van der Waals surface area contributed by atoms with Crippen molar-refractivity contribution in [3.63, 3.8) is 0 Å². The lowest BCUT2D eigenvalue weighted by Gasteiger charge is -2.28. The molecule has 2 fully saturated rings. The van der Waals surface area contributed by atoms with Gasteiger partial charge in [0.15, 0.2) is 11.6 Å². The molecule has 1 aliphatic heterocycles. The predicted molar refractivity (Wildman–Crippen MR) is 120 cm³/mol. The highest BCUT2D eigenvalue weighted by Crippen LogP contribution is 2.38. The van der Waals surface area contributed by atoms with Crippen molar-refractivity contribution in [1.29, 1.82) is 0 Å². The molecule has 1 saturated carbocycles. The fourth-order valence-electron chi connectivity index (χ4n) is 3.78. The number of hydrogen-bond donors (Lipinski definition) is 1. The van der Waals surface area contributed by atoms with E-state index in [0.29, 0.717) is 25.6 Å². The first-order chi connectivity index (χ1) is 15.0. The van der Waals surface area contributed by atoms with Crippen LogP contribution in [0.3, 0.4) is 0 Å². The minimum absolute atomic E-state index is 0.209. The van der Waals surface area contributed by atoms with Crippen LogP contribution in [0.2, 0.25) is 0 Å². The Morgan fingerprint density at radius 3 is 2.65 bits per heavy atom. The van der Waals surface area contributed by atoms with E-state index in [2.05, 4.69) is 21.8 Å². The summed E-state index contributed by atoms with van der Waals surface area (Å²) in [5, 5.41) is 0. The minimum atomic E-state index is 0.209. The maximum absolute atomic E-state index is 12.5. The number of amides is 1. The first-order valence-corrected chi connectivity index (χ1v) is 11.3. The van der Waals surface area contributed by atoms with Crippen LogP contribution in [-0.2, 0) is 16.1 Å². The smallest absolute Gasteiger partial charge is 0.225 e. The summed E-state index contributed by atoms with van der Waals surface area (Å²) in [5.41, 5.74) is 8.37. The van der Waals surface area contributed by atoms with E-state index in [4.69, 9.17) is 20.4 Å². The predicted octanol–water partition coefficient (Wildman–Crippen LogP) is 2.24. The van der Waals surface area contributed by atoms with Crippen LogP contribution < -0.4 is 10.6 Å². The van der Waals surface area contributed by atoms with Crippen LogP contribution >= 0.6 is 11.3 Å². The lowest BCUT2D eigenvalue weighted by Crippen LogP contribution is -2.36. The number of aryl methyl sites for hydroxylation is 1. The number of carbonyl (C=O) groups is 1. The molecule has 0 unspecified atom stereocenters. The van der Waals surface area contributed by atoms with Crippen molar-refractivity contribution in [2.24, 2.45) is 5.92 Å². The molecule has 3 aromatic rings. The number of carbonyl (C=O) groups excluding carboxylic acids is 1. The first-order valence-electron chi connectivity index (χ1n) is 10.5. The van der Waals surface area contributed by atoms with Gasteiger partial charge in [-0.15, -0.1) is 11.3 Å². The van der Waals surface area contributed by atoms with E-state index in [0.717, 1.165) is 58.0 Å². The van der Waals surface area contributed by atoms with Gasteiger partial charge < -0.3 is 20.3 Å². The zero-order valence-corrected chi connectivity index (χ0v) is 18.5. The minimum Gasteiger partial charge on any atom is -0.378 e. The van der Waals surface area contributed by atoms with Gasteiger partial charge in [-0.1, -0.05) is 0 Å². The largest absolute Gasteiger partial charge is 0.378 e. The number of nitrogens with two attached hydrogens (primary N) is 1. The van der Waals surface area contributed by atoms with Crippen molar-refractivity contribution in [3.05, 3.63) is 22.8 Å². The van der Waals surface area contributed by atoms with Crippen LogP contribution in [0.5, 0.6) is 0 Å². The Morgan fingerprint density at radius 1 is 1.26 bits per heavy atom. The van der Waals surface area contributed by atoms with E-state index in [9.17, 15) is 4.79 Å². The number of fused-ring (bicyclic) bond motifs is 1. The van der Waals surface area contributed by atoms with Crippen molar-refractivity contribution in [1.82, 2.24) is 24.8 Å². The summed E-state index contributed by atoms with van der Waals surface area (Å²) in [7, 11) is 1.89. The lowest BCUT2D eigenvalue weighted by molar-refractivity contribution is -0.131. The van der Waals surface area contributed by atoms with Gasteiger partial charge in [0.2, 0.25) is 11.9 Å². The molecule has 10 heteroatoms. The fourth-order valence-corrected chi connectivity index (χ4v) is 5.09. The average molecular weight is 440 g/mol. The van der Waals surface area contributed by atoms with Gasteiger partial charge in [-0.2, -0.15) is 0 Å². The molecule has 1 saturated heterocycles. The summed E-state index contributed by atoms with van der Waals surface area (Å²) < 4.78 is 6.58. The third-order valence-electron chi connectivity index (χ3n) is 5.77. The quantitative estimate of drug-likeness (QED) is 0.644. The van der Waals surface area contributed by atoms with E-state index in [1.165, 1.54) is 0 Å². The van der Waals surface area contributed by atoms with Crippen LogP contribution in [-0.4, -0.2) is 64.1 Å². The van der Waals surface area contributed by atoms with Gasteiger partial charge in [0, 0.05) is 43.3 Å². The number of ether oxygens (including phenoxy) is 1. The molecule has 4 heterocycles. The van der Waals surface area contributed by atoms with Crippen LogP contribution in [0.4, 0.5) is 11.8 Å². The van der Waals surface area contributed by atoms with Crippen molar-refractivity contribution in [3.8, 4) is 11.4 Å². The summed E-state index contributed by atoms with van der Waals surface area (Å²) in [5.74, 6) is 2.13. The number of nitrogen functional groups attached to an aromatic ring is 1. The highest BCUT2D eigenvalue weighted by atomic mass is 32.1. The normalized spacial score (nSPS) is 16.6. The van der Waals surface area contributed by atoms with Crippen molar-refractivity contribution < 1.29 is 9.53 Å². The average Bonchev–Trinajstić information content (AvgIpc) is 3.59. The molecule has 9 nitrogen and oxygen atoms in total. The second-order valence-corrected chi connectivity index (χ2v) is 9.20. The molecule has 0 atom stereocenters. The molecule has 1 aliphatic carbocycles. The molecular weight excluding hydrogens is 414 g/mol. The standard InChI is InChI=1S/C21H25N7O2S/c1-12-15(11-27(2)20(29)13-3-4-13)31-17-16(12)25-18(14-9-23-21(22)24-10-14)26-19(17)28-5-7-30-8-6-28/h9-10,13H,3-8,11H2,1-2H3,(H2,22,23,24). The highest BCUT2D eigenvalue weighted by Gasteiger charge is 2.32. The number of thiophene rings is 1.